The largest absolute Gasteiger partial charge is 0.433 e. The van der Waals surface area contributed by atoms with E-state index >= 15 is 0 Å². The van der Waals surface area contributed by atoms with Gasteiger partial charge in [0.1, 0.15) is 5.75 Å². The van der Waals surface area contributed by atoms with Crippen LogP contribution in [-0.2, 0) is 6.54 Å². The number of aryl methyl sites for hydroxylation is 1. The lowest BCUT2D eigenvalue weighted by Gasteiger charge is -2.14. The molecule has 28 heavy (non-hydrogen) atoms. The van der Waals surface area contributed by atoms with E-state index in [1.807, 2.05) is 24.3 Å². The number of thiocarbonyl (C=S) groups is 1. The van der Waals surface area contributed by atoms with Crippen LogP contribution in [-0.4, -0.2) is 21.5 Å². The van der Waals surface area contributed by atoms with E-state index in [2.05, 4.69) is 20.5 Å². The Morgan fingerprint density at radius 1 is 1.25 bits per heavy atom. The third kappa shape index (κ3) is 5.64. The first kappa shape index (κ1) is 20.0. The van der Waals surface area contributed by atoms with Gasteiger partial charge in [0.15, 0.2) is 5.11 Å². The van der Waals surface area contributed by atoms with Crippen molar-refractivity contribution < 1.29 is 13.5 Å². The number of rotatable bonds is 6. The van der Waals surface area contributed by atoms with Crippen molar-refractivity contribution in [3.05, 3.63) is 71.0 Å². The van der Waals surface area contributed by atoms with E-state index in [0.29, 0.717) is 22.9 Å². The van der Waals surface area contributed by atoms with Crippen LogP contribution in [0.2, 0.25) is 5.02 Å². The molecule has 0 bridgehead atoms. The molecule has 9 heteroatoms. The molecule has 0 amide bonds. The van der Waals surface area contributed by atoms with E-state index in [1.165, 1.54) is 6.07 Å². The van der Waals surface area contributed by atoms with Gasteiger partial charge >= 0.3 is 6.61 Å². The molecule has 1 heterocycles. The molecule has 0 aliphatic heterocycles. The van der Waals surface area contributed by atoms with Crippen LogP contribution in [0.1, 0.15) is 11.1 Å². The number of hydrogen-bond acceptors (Lipinski definition) is 3. The molecule has 0 unspecified atom stereocenters. The Morgan fingerprint density at radius 3 is 2.82 bits per heavy atom. The van der Waals surface area contributed by atoms with Crippen molar-refractivity contribution in [1.82, 2.24) is 9.78 Å². The van der Waals surface area contributed by atoms with Gasteiger partial charge in [-0.1, -0.05) is 29.8 Å². The highest BCUT2D eigenvalue weighted by Gasteiger charge is 2.11. The first-order valence-corrected chi connectivity index (χ1v) is 9.08. The summed E-state index contributed by atoms with van der Waals surface area (Å²) in [5, 5.41) is 11.0. The summed E-state index contributed by atoms with van der Waals surface area (Å²) in [5.74, 6) is 0.0239. The Morgan fingerprint density at radius 2 is 2.07 bits per heavy atom. The van der Waals surface area contributed by atoms with Crippen LogP contribution in [0.3, 0.4) is 0 Å². The minimum absolute atomic E-state index is 0.0239. The highest BCUT2D eigenvalue weighted by Crippen LogP contribution is 2.27. The molecule has 5 nitrogen and oxygen atoms in total. The molecule has 0 atom stereocenters. The number of hydrogen-bond donors (Lipinski definition) is 2. The summed E-state index contributed by atoms with van der Waals surface area (Å²) in [5.41, 5.74) is 2.80. The fraction of sp³-hybridized carbons (Fsp3) is 0.158. The van der Waals surface area contributed by atoms with Gasteiger partial charge in [-0.2, -0.15) is 13.9 Å². The van der Waals surface area contributed by atoms with Crippen molar-refractivity contribution in [2.75, 3.05) is 10.6 Å². The minimum Gasteiger partial charge on any atom is -0.433 e. The summed E-state index contributed by atoms with van der Waals surface area (Å²) < 4.78 is 31.5. The maximum Gasteiger partial charge on any atom is 0.387 e. The topological polar surface area (TPSA) is 51.1 Å². The van der Waals surface area contributed by atoms with Crippen LogP contribution in [0.25, 0.3) is 0 Å². The summed E-state index contributed by atoms with van der Waals surface area (Å²) in [7, 11) is 0. The average Bonchev–Trinajstić information content (AvgIpc) is 3.03. The van der Waals surface area contributed by atoms with E-state index in [9.17, 15) is 8.78 Å². The number of halogens is 3. The maximum absolute atomic E-state index is 12.6. The third-order valence-electron chi connectivity index (χ3n) is 3.73. The van der Waals surface area contributed by atoms with Crippen molar-refractivity contribution in [2.45, 2.75) is 20.1 Å². The molecule has 0 aliphatic rings. The first-order valence-electron chi connectivity index (χ1n) is 8.29. The number of aromatic nitrogens is 2. The van der Waals surface area contributed by atoms with Crippen LogP contribution in [0.4, 0.5) is 20.2 Å². The predicted octanol–water partition coefficient (Wildman–Crippen LogP) is 5.30. The highest BCUT2D eigenvalue weighted by molar-refractivity contribution is 7.80. The molecule has 0 aliphatic carbocycles. The molecule has 2 N–H and O–H groups in total. The van der Waals surface area contributed by atoms with Gasteiger partial charge in [0.25, 0.3) is 0 Å². The summed E-state index contributed by atoms with van der Waals surface area (Å²) in [6.45, 7) is -0.589. The van der Waals surface area contributed by atoms with E-state index in [-0.39, 0.29) is 10.9 Å². The Bertz CT molecular complexity index is 980. The van der Waals surface area contributed by atoms with Gasteiger partial charge in [0, 0.05) is 11.2 Å². The molecule has 0 saturated heterocycles. The van der Waals surface area contributed by atoms with Crippen LogP contribution in [0, 0.1) is 6.92 Å². The van der Waals surface area contributed by atoms with E-state index in [1.54, 1.807) is 36.1 Å². The average molecular weight is 423 g/mol. The van der Waals surface area contributed by atoms with Crippen molar-refractivity contribution >= 4 is 40.3 Å². The van der Waals surface area contributed by atoms with Crippen LogP contribution in [0.15, 0.2) is 54.9 Å². The second kappa shape index (κ2) is 8.99. The predicted molar refractivity (Wildman–Crippen MR) is 110 cm³/mol. The van der Waals surface area contributed by atoms with Crippen molar-refractivity contribution in [2.24, 2.45) is 0 Å². The first-order chi connectivity index (χ1) is 13.4. The lowest BCUT2D eigenvalue weighted by Crippen LogP contribution is -2.19. The van der Waals surface area contributed by atoms with Gasteiger partial charge in [-0.05, 0) is 54.5 Å². The van der Waals surface area contributed by atoms with Crippen LogP contribution < -0.4 is 15.4 Å². The van der Waals surface area contributed by atoms with Gasteiger partial charge in [0.05, 0.1) is 24.1 Å². The zero-order chi connectivity index (χ0) is 20.1. The van der Waals surface area contributed by atoms with Crippen LogP contribution in [0.5, 0.6) is 5.75 Å². The molecular formula is C19H17ClF2N4OS. The number of nitrogens with one attached hydrogen (secondary N) is 2. The zero-order valence-corrected chi connectivity index (χ0v) is 16.4. The molecule has 2 aromatic carbocycles. The molecule has 3 aromatic rings. The molecule has 0 saturated carbocycles. The molecule has 1 aromatic heterocycles. The van der Waals surface area contributed by atoms with E-state index in [0.717, 1.165) is 11.1 Å². The normalized spacial score (nSPS) is 10.8. The number of alkyl halides is 2. The van der Waals surface area contributed by atoms with Crippen LogP contribution >= 0.6 is 23.8 Å². The van der Waals surface area contributed by atoms with Gasteiger partial charge in [-0.15, -0.1) is 0 Å². The summed E-state index contributed by atoms with van der Waals surface area (Å²) in [4.78, 5) is 0. The van der Waals surface area contributed by atoms with Gasteiger partial charge in [0.2, 0.25) is 0 Å². The number of anilines is 2. The minimum atomic E-state index is -2.92. The molecule has 0 fully saturated rings. The molecule has 146 valence electrons. The summed E-state index contributed by atoms with van der Waals surface area (Å²) in [6.07, 6.45) is 3.39. The zero-order valence-electron chi connectivity index (χ0n) is 14.8. The lowest BCUT2D eigenvalue weighted by molar-refractivity contribution is -0.0493. The van der Waals surface area contributed by atoms with Gasteiger partial charge in [-0.25, -0.2) is 0 Å². The Kier molecular flexibility index (Phi) is 6.43. The maximum atomic E-state index is 12.6. The number of benzene rings is 2. The molecule has 0 radical (unpaired) electrons. The van der Waals surface area contributed by atoms with E-state index in [4.69, 9.17) is 23.8 Å². The smallest absolute Gasteiger partial charge is 0.387 e. The fourth-order valence-corrected chi connectivity index (χ4v) is 2.99. The second-order valence-electron chi connectivity index (χ2n) is 6.01. The van der Waals surface area contributed by atoms with E-state index < -0.39 is 6.61 Å². The Labute approximate surface area is 171 Å². The second-order valence-corrected chi connectivity index (χ2v) is 6.86. The van der Waals surface area contributed by atoms with Gasteiger partial charge < -0.3 is 15.4 Å². The summed E-state index contributed by atoms with van der Waals surface area (Å²) >= 11 is 11.3. The molecular weight excluding hydrogens is 406 g/mol. The monoisotopic (exact) mass is 422 g/mol. The quantitative estimate of drug-likeness (QED) is 0.528. The number of ether oxygens (including phenoxy) is 1. The molecule has 3 rings (SSSR count). The fourth-order valence-electron chi connectivity index (χ4n) is 2.55. The standard InChI is InChI=1S/C19H17ClF2N4OS/c1-12-5-6-16(17(7-12)27-18(21)22)25-19(28)24-15-9-23-26(11-15)10-13-3-2-4-14(20)8-13/h2-9,11,18H,10H2,1H3,(H2,24,25,28). The van der Waals surface area contributed by atoms with Crippen molar-refractivity contribution in [3.8, 4) is 5.75 Å². The lowest BCUT2D eigenvalue weighted by atomic mass is 10.2. The highest BCUT2D eigenvalue weighted by atomic mass is 35.5. The summed E-state index contributed by atoms with van der Waals surface area (Å²) in [6, 6.07) is 12.4. The Hall–Kier alpha value is -2.71. The van der Waals surface area contributed by atoms with Crippen molar-refractivity contribution in [1.29, 1.82) is 0 Å². The molecule has 0 spiro atoms. The Balaban J connectivity index is 1.64. The van der Waals surface area contributed by atoms with Gasteiger partial charge in [-0.3, -0.25) is 4.68 Å². The van der Waals surface area contributed by atoms with Crippen molar-refractivity contribution in [3.63, 3.8) is 0 Å². The number of nitrogens with zero attached hydrogens (tertiary/aromatic N) is 2. The SMILES string of the molecule is Cc1ccc(NC(=S)Nc2cnn(Cc3cccc(Cl)c3)c2)c(OC(F)F)c1. The third-order valence-corrected chi connectivity index (χ3v) is 4.17.